The summed E-state index contributed by atoms with van der Waals surface area (Å²) in [5.74, 6) is 2.06. The SMILES string of the molecule is Cc1ccc2nc(CN(C)C(=O)NC[C@@H]3CCN(CC(C)C)C3)[nH]c2c1. The Kier molecular flexibility index (Phi) is 5.81. The molecule has 26 heavy (non-hydrogen) atoms. The van der Waals surface area contributed by atoms with Gasteiger partial charge in [-0.1, -0.05) is 19.9 Å². The van der Waals surface area contributed by atoms with E-state index in [0.29, 0.717) is 18.4 Å². The topological polar surface area (TPSA) is 64.3 Å². The molecule has 2 aromatic rings. The predicted molar refractivity (Wildman–Crippen MR) is 105 cm³/mol. The molecule has 0 spiro atoms. The largest absolute Gasteiger partial charge is 0.340 e. The average molecular weight is 358 g/mol. The average Bonchev–Trinajstić information content (AvgIpc) is 3.17. The summed E-state index contributed by atoms with van der Waals surface area (Å²) in [4.78, 5) is 24.5. The van der Waals surface area contributed by atoms with Crippen molar-refractivity contribution in [2.45, 2.75) is 33.7 Å². The fourth-order valence-electron chi connectivity index (χ4n) is 3.68. The molecule has 0 aliphatic carbocycles. The molecule has 1 saturated heterocycles. The molecule has 0 saturated carbocycles. The molecule has 0 radical (unpaired) electrons. The molecule has 0 unspecified atom stereocenters. The quantitative estimate of drug-likeness (QED) is 0.835. The van der Waals surface area contributed by atoms with Gasteiger partial charge in [0, 0.05) is 26.7 Å². The highest BCUT2D eigenvalue weighted by atomic mass is 16.2. The third-order valence-corrected chi connectivity index (χ3v) is 4.96. The summed E-state index contributed by atoms with van der Waals surface area (Å²) in [6.45, 7) is 11.2. The van der Waals surface area contributed by atoms with E-state index in [2.05, 4.69) is 47.0 Å². The van der Waals surface area contributed by atoms with Gasteiger partial charge in [-0.3, -0.25) is 0 Å². The van der Waals surface area contributed by atoms with Gasteiger partial charge >= 0.3 is 6.03 Å². The number of nitrogens with zero attached hydrogens (tertiary/aromatic N) is 3. The summed E-state index contributed by atoms with van der Waals surface area (Å²) >= 11 is 0. The van der Waals surface area contributed by atoms with E-state index in [0.717, 1.165) is 43.0 Å². The van der Waals surface area contributed by atoms with E-state index in [1.807, 2.05) is 19.2 Å². The highest BCUT2D eigenvalue weighted by Gasteiger charge is 2.23. The van der Waals surface area contributed by atoms with Crippen LogP contribution in [0, 0.1) is 18.8 Å². The Hall–Kier alpha value is -2.08. The van der Waals surface area contributed by atoms with E-state index in [4.69, 9.17) is 0 Å². The van der Waals surface area contributed by atoms with Gasteiger partial charge in [-0.2, -0.15) is 0 Å². The van der Waals surface area contributed by atoms with Gasteiger partial charge in [0.15, 0.2) is 0 Å². The van der Waals surface area contributed by atoms with Crippen LogP contribution in [0.2, 0.25) is 0 Å². The molecule has 2 N–H and O–H groups in total. The summed E-state index contributed by atoms with van der Waals surface area (Å²) in [7, 11) is 1.81. The van der Waals surface area contributed by atoms with E-state index in [-0.39, 0.29) is 6.03 Å². The van der Waals surface area contributed by atoms with Crippen LogP contribution >= 0.6 is 0 Å². The smallest absolute Gasteiger partial charge is 0.317 e. The zero-order valence-corrected chi connectivity index (χ0v) is 16.4. The van der Waals surface area contributed by atoms with E-state index in [1.54, 1.807) is 4.90 Å². The van der Waals surface area contributed by atoms with Gasteiger partial charge < -0.3 is 20.1 Å². The van der Waals surface area contributed by atoms with E-state index in [9.17, 15) is 4.79 Å². The first-order valence-electron chi connectivity index (χ1n) is 9.57. The molecule has 2 heterocycles. The number of likely N-dealkylation sites (tertiary alicyclic amines) is 1. The molecule has 0 bridgehead atoms. The number of rotatable bonds is 6. The Morgan fingerprint density at radius 2 is 2.27 bits per heavy atom. The van der Waals surface area contributed by atoms with E-state index in [1.165, 1.54) is 12.0 Å². The zero-order valence-electron chi connectivity index (χ0n) is 16.4. The van der Waals surface area contributed by atoms with Crippen LogP contribution in [0.3, 0.4) is 0 Å². The number of benzene rings is 1. The number of carbonyl (C=O) groups is 1. The summed E-state index contributed by atoms with van der Waals surface area (Å²) < 4.78 is 0. The minimum atomic E-state index is -0.0380. The number of amides is 2. The van der Waals surface area contributed by atoms with Gasteiger partial charge in [-0.15, -0.1) is 0 Å². The second-order valence-corrected chi connectivity index (χ2v) is 8.05. The van der Waals surface area contributed by atoms with Crippen molar-refractivity contribution in [3.8, 4) is 0 Å². The second-order valence-electron chi connectivity index (χ2n) is 8.05. The Balaban J connectivity index is 1.47. The first-order valence-corrected chi connectivity index (χ1v) is 9.57. The number of aryl methyl sites for hydroxylation is 1. The lowest BCUT2D eigenvalue weighted by Crippen LogP contribution is -2.40. The Morgan fingerprint density at radius 3 is 3.04 bits per heavy atom. The zero-order chi connectivity index (χ0) is 18.7. The van der Waals surface area contributed by atoms with Crippen molar-refractivity contribution in [3.63, 3.8) is 0 Å². The summed E-state index contributed by atoms with van der Waals surface area (Å²) in [5.41, 5.74) is 3.16. The van der Waals surface area contributed by atoms with Gasteiger partial charge in [0.1, 0.15) is 5.82 Å². The van der Waals surface area contributed by atoms with Crippen LogP contribution in [0.4, 0.5) is 4.79 Å². The molecule has 6 heteroatoms. The van der Waals surface area contributed by atoms with Crippen LogP contribution in [-0.2, 0) is 6.54 Å². The van der Waals surface area contributed by atoms with Crippen LogP contribution in [0.25, 0.3) is 11.0 Å². The highest BCUT2D eigenvalue weighted by molar-refractivity contribution is 5.76. The molecule has 1 aliphatic heterocycles. The van der Waals surface area contributed by atoms with Crippen molar-refractivity contribution >= 4 is 17.1 Å². The number of imidazole rings is 1. The Bertz CT molecular complexity index is 754. The molecule has 1 aliphatic rings. The number of nitrogens with one attached hydrogen (secondary N) is 2. The number of urea groups is 1. The van der Waals surface area contributed by atoms with Crippen LogP contribution in [-0.4, -0.2) is 59.0 Å². The fraction of sp³-hybridized carbons (Fsp3) is 0.600. The van der Waals surface area contributed by atoms with Gasteiger partial charge in [0.2, 0.25) is 0 Å². The second kappa shape index (κ2) is 8.08. The normalized spacial score (nSPS) is 18.0. The molecule has 1 fully saturated rings. The summed E-state index contributed by atoms with van der Waals surface area (Å²) in [6, 6.07) is 6.10. The van der Waals surface area contributed by atoms with Crippen molar-refractivity contribution in [2.75, 3.05) is 33.2 Å². The van der Waals surface area contributed by atoms with Crippen LogP contribution in [0.15, 0.2) is 18.2 Å². The van der Waals surface area contributed by atoms with Crippen LogP contribution in [0.1, 0.15) is 31.7 Å². The minimum absolute atomic E-state index is 0.0380. The Labute approximate surface area is 156 Å². The monoisotopic (exact) mass is 357 g/mol. The maximum absolute atomic E-state index is 12.4. The number of aromatic amines is 1. The lowest BCUT2D eigenvalue weighted by molar-refractivity contribution is 0.203. The first-order chi connectivity index (χ1) is 12.4. The summed E-state index contributed by atoms with van der Waals surface area (Å²) in [5, 5.41) is 3.08. The number of aromatic nitrogens is 2. The van der Waals surface area contributed by atoms with Crippen molar-refractivity contribution in [1.82, 2.24) is 25.1 Å². The third kappa shape index (κ3) is 4.75. The Morgan fingerprint density at radius 1 is 1.46 bits per heavy atom. The van der Waals surface area contributed by atoms with Crippen molar-refractivity contribution in [3.05, 3.63) is 29.6 Å². The number of carbonyl (C=O) groups excluding carboxylic acids is 1. The minimum Gasteiger partial charge on any atom is -0.340 e. The fourth-order valence-corrected chi connectivity index (χ4v) is 3.68. The first kappa shape index (κ1) is 18.7. The lowest BCUT2D eigenvalue weighted by Gasteiger charge is -2.20. The van der Waals surface area contributed by atoms with Crippen LogP contribution < -0.4 is 5.32 Å². The number of hydrogen-bond donors (Lipinski definition) is 2. The number of hydrogen-bond acceptors (Lipinski definition) is 3. The van der Waals surface area contributed by atoms with Gasteiger partial charge in [-0.25, -0.2) is 9.78 Å². The molecule has 1 aromatic carbocycles. The molecule has 3 rings (SSSR count). The van der Waals surface area contributed by atoms with E-state index >= 15 is 0 Å². The molecular formula is C20H31N5O. The van der Waals surface area contributed by atoms with E-state index < -0.39 is 0 Å². The maximum Gasteiger partial charge on any atom is 0.317 e. The standard InChI is InChI=1S/C20H31N5O/c1-14(2)11-25-8-7-16(12-25)10-21-20(26)24(4)13-19-22-17-6-5-15(3)9-18(17)23-19/h5-6,9,14,16H,7-8,10-13H2,1-4H3,(H,21,26)(H,22,23)/t16-/m0/s1. The molecule has 6 nitrogen and oxygen atoms in total. The predicted octanol–water partition coefficient (Wildman–Crippen LogP) is 2.99. The molecular weight excluding hydrogens is 326 g/mol. The number of fused-ring (bicyclic) bond motifs is 1. The van der Waals surface area contributed by atoms with Gasteiger partial charge in [0.05, 0.1) is 17.6 Å². The van der Waals surface area contributed by atoms with Gasteiger partial charge in [0.25, 0.3) is 0 Å². The highest BCUT2D eigenvalue weighted by Crippen LogP contribution is 2.17. The van der Waals surface area contributed by atoms with Gasteiger partial charge in [-0.05, 0) is 49.4 Å². The molecule has 2 amide bonds. The third-order valence-electron chi connectivity index (χ3n) is 4.96. The lowest BCUT2D eigenvalue weighted by atomic mass is 10.1. The van der Waals surface area contributed by atoms with Crippen molar-refractivity contribution < 1.29 is 4.79 Å². The van der Waals surface area contributed by atoms with Crippen molar-refractivity contribution in [2.24, 2.45) is 11.8 Å². The molecule has 1 atom stereocenters. The maximum atomic E-state index is 12.4. The summed E-state index contributed by atoms with van der Waals surface area (Å²) in [6.07, 6.45) is 1.17. The molecule has 142 valence electrons. The van der Waals surface area contributed by atoms with Crippen LogP contribution in [0.5, 0.6) is 0 Å². The molecule has 1 aromatic heterocycles. The number of H-pyrrole nitrogens is 1. The van der Waals surface area contributed by atoms with Crippen molar-refractivity contribution in [1.29, 1.82) is 0 Å².